The normalized spacial score (nSPS) is 22.2. The van der Waals surface area contributed by atoms with Gasteiger partial charge in [-0.3, -0.25) is 0 Å². The summed E-state index contributed by atoms with van der Waals surface area (Å²) in [6.45, 7) is 4.81. The first-order chi connectivity index (χ1) is 9.63. The first-order valence-corrected chi connectivity index (χ1v) is 6.91. The first kappa shape index (κ1) is 14.8. The second-order valence-corrected chi connectivity index (χ2v) is 4.90. The van der Waals surface area contributed by atoms with Crippen molar-refractivity contribution in [2.24, 2.45) is 0 Å². The lowest BCUT2D eigenvalue weighted by molar-refractivity contribution is -0.161. The van der Waals surface area contributed by atoms with Gasteiger partial charge in [0, 0.05) is 18.9 Å². The van der Waals surface area contributed by atoms with Crippen molar-refractivity contribution in [3.05, 3.63) is 23.8 Å². The SMILES string of the molecule is CC#C[C@H](C)OC(=O)/C=C/C1=CCC2(CC1)OCCO2. The number of carbonyl (C=O) groups is 1. The van der Waals surface area contributed by atoms with E-state index in [2.05, 4.69) is 17.9 Å². The smallest absolute Gasteiger partial charge is 0.331 e. The van der Waals surface area contributed by atoms with Crippen LogP contribution in [0.3, 0.4) is 0 Å². The van der Waals surface area contributed by atoms with Crippen LogP contribution in [0, 0.1) is 11.8 Å². The number of ether oxygens (including phenoxy) is 3. The number of allylic oxidation sites excluding steroid dienone is 2. The molecular formula is C16H20O4. The molecule has 1 atom stereocenters. The molecule has 0 aromatic heterocycles. The van der Waals surface area contributed by atoms with Crippen LogP contribution in [0.25, 0.3) is 0 Å². The third-order valence-electron chi connectivity index (χ3n) is 3.36. The third kappa shape index (κ3) is 3.96. The predicted molar refractivity (Wildman–Crippen MR) is 74.7 cm³/mol. The molecule has 2 aliphatic rings. The summed E-state index contributed by atoms with van der Waals surface area (Å²) in [5, 5.41) is 0. The summed E-state index contributed by atoms with van der Waals surface area (Å²) in [4.78, 5) is 11.6. The maximum Gasteiger partial charge on any atom is 0.331 e. The van der Waals surface area contributed by atoms with Gasteiger partial charge in [0.1, 0.15) is 0 Å². The molecule has 0 unspecified atom stereocenters. The van der Waals surface area contributed by atoms with E-state index in [0.717, 1.165) is 24.8 Å². The van der Waals surface area contributed by atoms with Gasteiger partial charge in [-0.15, -0.1) is 5.92 Å². The Labute approximate surface area is 119 Å². The van der Waals surface area contributed by atoms with Gasteiger partial charge in [-0.1, -0.05) is 23.6 Å². The van der Waals surface area contributed by atoms with Crippen molar-refractivity contribution in [3.63, 3.8) is 0 Å². The largest absolute Gasteiger partial charge is 0.446 e. The highest BCUT2D eigenvalue weighted by Crippen LogP contribution is 2.35. The van der Waals surface area contributed by atoms with E-state index in [4.69, 9.17) is 14.2 Å². The zero-order valence-electron chi connectivity index (χ0n) is 12.0. The van der Waals surface area contributed by atoms with Gasteiger partial charge < -0.3 is 14.2 Å². The van der Waals surface area contributed by atoms with Crippen LogP contribution in [-0.4, -0.2) is 31.1 Å². The Morgan fingerprint density at radius 3 is 2.85 bits per heavy atom. The van der Waals surface area contributed by atoms with Gasteiger partial charge in [-0.25, -0.2) is 4.79 Å². The average Bonchev–Trinajstić information content (AvgIpc) is 2.87. The van der Waals surface area contributed by atoms with Crippen molar-refractivity contribution in [1.82, 2.24) is 0 Å². The molecule has 0 amide bonds. The van der Waals surface area contributed by atoms with Crippen LogP contribution in [0.4, 0.5) is 0 Å². The molecule has 4 nitrogen and oxygen atoms in total. The lowest BCUT2D eigenvalue weighted by Crippen LogP contribution is -2.31. The van der Waals surface area contributed by atoms with Gasteiger partial charge in [0.25, 0.3) is 0 Å². The van der Waals surface area contributed by atoms with Crippen molar-refractivity contribution in [1.29, 1.82) is 0 Å². The summed E-state index contributed by atoms with van der Waals surface area (Å²) in [7, 11) is 0. The molecule has 1 spiro atoms. The van der Waals surface area contributed by atoms with Crippen LogP contribution in [0.2, 0.25) is 0 Å². The summed E-state index contributed by atoms with van der Waals surface area (Å²) in [6, 6.07) is 0. The minimum atomic E-state index is -0.414. The molecule has 1 aliphatic carbocycles. The van der Waals surface area contributed by atoms with Gasteiger partial charge >= 0.3 is 5.97 Å². The lowest BCUT2D eigenvalue weighted by Gasteiger charge is -2.29. The highest BCUT2D eigenvalue weighted by atomic mass is 16.7. The van der Waals surface area contributed by atoms with Crippen molar-refractivity contribution >= 4 is 5.97 Å². The number of carbonyl (C=O) groups excluding carboxylic acids is 1. The average molecular weight is 276 g/mol. The van der Waals surface area contributed by atoms with Crippen LogP contribution >= 0.6 is 0 Å². The van der Waals surface area contributed by atoms with Crippen LogP contribution in [0.1, 0.15) is 33.1 Å². The molecule has 4 heteroatoms. The maximum atomic E-state index is 11.6. The Balaban J connectivity index is 1.84. The molecule has 1 saturated heterocycles. The fourth-order valence-corrected chi connectivity index (χ4v) is 2.36. The van der Waals surface area contributed by atoms with E-state index in [-0.39, 0.29) is 12.1 Å². The molecule has 0 aromatic rings. The fourth-order valence-electron chi connectivity index (χ4n) is 2.36. The van der Waals surface area contributed by atoms with Crippen LogP contribution in [0.5, 0.6) is 0 Å². The summed E-state index contributed by atoms with van der Waals surface area (Å²) < 4.78 is 16.4. The van der Waals surface area contributed by atoms with Crippen molar-refractivity contribution in [3.8, 4) is 11.8 Å². The van der Waals surface area contributed by atoms with Gasteiger partial charge in [-0.2, -0.15) is 0 Å². The van der Waals surface area contributed by atoms with Crippen molar-refractivity contribution in [2.75, 3.05) is 13.2 Å². The third-order valence-corrected chi connectivity index (χ3v) is 3.36. The molecule has 0 N–H and O–H groups in total. The van der Waals surface area contributed by atoms with Gasteiger partial charge in [0.15, 0.2) is 11.9 Å². The Morgan fingerprint density at radius 2 is 2.25 bits per heavy atom. The Bertz CT molecular complexity index is 472. The lowest BCUT2D eigenvalue weighted by atomic mass is 9.94. The van der Waals surface area contributed by atoms with E-state index in [9.17, 15) is 4.79 Å². The molecule has 0 aromatic carbocycles. The zero-order chi connectivity index (χ0) is 14.4. The second-order valence-electron chi connectivity index (χ2n) is 4.90. The molecule has 108 valence electrons. The second kappa shape index (κ2) is 6.74. The van der Waals surface area contributed by atoms with Gasteiger partial charge in [0.2, 0.25) is 0 Å². The highest BCUT2D eigenvalue weighted by Gasteiger charge is 2.37. The zero-order valence-corrected chi connectivity index (χ0v) is 12.0. The summed E-state index contributed by atoms with van der Waals surface area (Å²) in [5.41, 5.74) is 1.11. The molecule has 0 radical (unpaired) electrons. The quantitative estimate of drug-likeness (QED) is 0.451. The Hall–Kier alpha value is -1.57. The number of hydrogen-bond acceptors (Lipinski definition) is 4. The highest BCUT2D eigenvalue weighted by molar-refractivity contribution is 5.82. The summed E-state index contributed by atoms with van der Waals surface area (Å²) in [5.74, 6) is 4.71. The number of esters is 1. The monoisotopic (exact) mass is 276 g/mol. The molecule has 1 aliphatic heterocycles. The maximum absolute atomic E-state index is 11.6. The van der Waals surface area contributed by atoms with E-state index in [1.54, 1.807) is 19.9 Å². The first-order valence-electron chi connectivity index (χ1n) is 6.91. The molecule has 1 heterocycles. The van der Waals surface area contributed by atoms with E-state index in [0.29, 0.717) is 13.2 Å². The summed E-state index contributed by atoms with van der Waals surface area (Å²) >= 11 is 0. The number of rotatable bonds is 3. The van der Waals surface area contributed by atoms with Gasteiger partial charge in [0.05, 0.1) is 13.2 Å². The molecular weight excluding hydrogens is 256 g/mol. The molecule has 0 bridgehead atoms. The van der Waals surface area contributed by atoms with E-state index in [1.165, 1.54) is 6.08 Å². The number of hydrogen-bond donors (Lipinski definition) is 0. The topological polar surface area (TPSA) is 44.8 Å². The van der Waals surface area contributed by atoms with Crippen molar-refractivity contribution in [2.45, 2.75) is 45.0 Å². The molecule has 2 rings (SSSR count). The molecule has 0 saturated carbocycles. The minimum Gasteiger partial charge on any atom is -0.446 e. The predicted octanol–water partition coefficient (Wildman–Crippen LogP) is 2.35. The van der Waals surface area contributed by atoms with Crippen LogP contribution in [-0.2, 0) is 19.0 Å². The fraction of sp³-hybridized carbons (Fsp3) is 0.562. The van der Waals surface area contributed by atoms with Crippen LogP contribution in [0.15, 0.2) is 23.8 Å². The Morgan fingerprint density at radius 1 is 1.50 bits per heavy atom. The van der Waals surface area contributed by atoms with Gasteiger partial charge in [-0.05, 0) is 20.3 Å². The van der Waals surface area contributed by atoms with Crippen LogP contribution < -0.4 is 0 Å². The standard InChI is InChI=1S/C16H20O4/c1-3-4-13(2)20-15(17)6-5-14-7-9-16(10-8-14)18-11-12-19-16/h5-7,13H,8-12H2,1-2H3/b6-5+/t13-/m0/s1. The molecule has 1 fully saturated rings. The van der Waals surface area contributed by atoms with E-state index >= 15 is 0 Å². The molecule has 20 heavy (non-hydrogen) atoms. The Kier molecular flexibility index (Phi) is 4.99. The summed E-state index contributed by atoms with van der Waals surface area (Å²) in [6.07, 6.45) is 7.35. The van der Waals surface area contributed by atoms with Crippen molar-refractivity contribution < 1.29 is 19.0 Å². The minimum absolute atomic E-state index is 0.366. The van der Waals surface area contributed by atoms with E-state index in [1.807, 2.05) is 0 Å². The van der Waals surface area contributed by atoms with E-state index < -0.39 is 5.79 Å².